The third kappa shape index (κ3) is 6.27. The molecule has 0 saturated carbocycles. The number of unbranched alkanes of at least 4 members (excludes halogenated alkanes) is 9. The summed E-state index contributed by atoms with van der Waals surface area (Å²) < 4.78 is 5.71. The van der Waals surface area contributed by atoms with Crippen molar-refractivity contribution in [3.8, 4) is 0 Å². The standard InChI is InChI=1S/C21H36N2O2S/c1-4-6-7-8-9-10-11-12-13-14-15-19-23(22-5-2)20-18(21(24)25-19)16-17(3)26-20/h16,19,22H,4-15H2,1-3H3. The van der Waals surface area contributed by atoms with Crippen molar-refractivity contribution in [3.63, 3.8) is 0 Å². The van der Waals surface area contributed by atoms with Gasteiger partial charge >= 0.3 is 5.97 Å². The van der Waals surface area contributed by atoms with Crippen molar-refractivity contribution in [2.24, 2.45) is 0 Å². The van der Waals surface area contributed by atoms with Crippen molar-refractivity contribution >= 4 is 22.3 Å². The number of esters is 1. The number of nitrogens with zero attached hydrogens (tertiary/aromatic N) is 1. The molecule has 1 N–H and O–H groups in total. The van der Waals surface area contributed by atoms with Crippen molar-refractivity contribution < 1.29 is 9.53 Å². The van der Waals surface area contributed by atoms with Crippen LogP contribution >= 0.6 is 11.3 Å². The maximum Gasteiger partial charge on any atom is 0.343 e. The number of fused-ring (bicyclic) bond motifs is 1. The summed E-state index contributed by atoms with van der Waals surface area (Å²) in [6.45, 7) is 7.20. The number of carbonyl (C=O) groups excluding carboxylic acids is 1. The molecule has 1 atom stereocenters. The summed E-state index contributed by atoms with van der Waals surface area (Å²) in [5.74, 6) is -0.171. The van der Waals surface area contributed by atoms with Gasteiger partial charge in [-0.1, -0.05) is 71.6 Å². The fourth-order valence-electron chi connectivity index (χ4n) is 3.54. The highest BCUT2D eigenvalue weighted by molar-refractivity contribution is 7.16. The predicted octanol–water partition coefficient (Wildman–Crippen LogP) is 6.19. The van der Waals surface area contributed by atoms with E-state index >= 15 is 0 Å². The van der Waals surface area contributed by atoms with Crippen LogP contribution in [0.3, 0.4) is 0 Å². The van der Waals surface area contributed by atoms with Crippen LogP contribution < -0.4 is 10.4 Å². The molecule has 0 aliphatic carbocycles. The molecular weight excluding hydrogens is 344 g/mol. The highest BCUT2D eigenvalue weighted by Gasteiger charge is 2.34. The van der Waals surface area contributed by atoms with Gasteiger partial charge in [-0.3, -0.25) is 5.01 Å². The summed E-state index contributed by atoms with van der Waals surface area (Å²) in [5.41, 5.74) is 4.08. The minimum absolute atomic E-state index is 0.171. The second kappa shape index (κ2) is 11.6. The van der Waals surface area contributed by atoms with Gasteiger partial charge in [-0.15, -0.1) is 11.3 Å². The van der Waals surface area contributed by atoms with Crippen LogP contribution in [0, 0.1) is 6.92 Å². The van der Waals surface area contributed by atoms with Crippen LogP contribution in [0.4, 0.5) is 5.00 Å². The molecule has 0 radical (unpaired) electrons. The topological polar surface area (TPSA) is 41.6 Å². The Balaban J connectivity index is 1.69. The zero-order valence-corrected chi connectivity index (χ0v) is 17.6. The first kappa shape index (κ1) is 21.2. The highest BCUT2D eigenvalue weighted by atomic mass is 32.1. The van der Waals surface area contributed by atoms with E-state index in [-0.39, 0.29) is 12.2 Å². The fraction of sp³-hybridized carbons (Fsp3) is 0.762. The number of anilines is 1. The predicted molar refractivity (Wildman–Crippen MR) is 111 cm³/mol. The first-order valence-corrected chi connectivity index (χ1v) is 11.3. The zero-order chi connectivity index (χ0) is 18.8. The molecule has 4 nitrogen and oxygen atoms in total. The molecule has 0 amide bonds. The number of hydrazine groups is 1. The quantitative estimate of drug-likeness (QED) is 0.327. The van der Waals surface area contributed by atoms with E-state index in [0.29, 0.717) is 5.56 Å². The van der Waals surface area contributed by atoms with Crippen molar-refractivity contribution in [2.75, 3.05) is 11.6 Å². The molecule has 0 saturated heterocycles. The van der Waals surface area contributed by atoms with E-state index in [2.05, 4.69) is 24.3 Å². The lowest BCUT2D eigenvalue weighted by Gasteiger charge is -2.35. The van der Waals surface area contributed by atoms with Gasteiger partial charge in [-0.25, -0.2) is 10.2 Å². The number of cyclic esters (lactones) is 1. The number of thiophene rings is 1. The Morgan fingerprint density at radius 1 is 1.04 bits per heavy atom. The molecule has 2 rings (SSSR count). The minimum atomic E-state index is -0.179. The lowest BCUT2D eigenvalue weighted by atomic mass is 10.1. The van der Waals surface area contributed by atoms with Crippen LogP contribution in [0.5, 0.6) is 0 Å². The van der Waals surface area contributed by atoms with Crippen LogP contribution in [0.1, 0.15) is 99.7 Å². The second-order valence-corrected chi connectivity index (χ2v) is 8.52. The maximum absolute atomic E-state index is 12.3. The Bertz CT molecular complexity index is 544. The molecule has 2 heterocycles. The van der Waals surface area contributed by atoms with E-state index in [1.807, 2.05) is 13.0 Å². The molecule has 0 bridgehead atoms. The molecule has 5 heteroatoms. The molecular formula is C21H36N2O2S. The fourth-order valence-corrected chi connectivity index (χ4v) is 4.55. The van der Waals surface area contributed by atoms with Crippen LogP contribution in [-0.2, 0) is 4.74 Å². The maximum atomic E-state index is 12.3. The minimum Gasteiger partial charge on any atom is -0.436 e. The molecule has 0 aromatic carbocycles. The third-order valence-electron chi connectivity index (χ3n) is 4.94. The number of hydrogen-bond donors (Lipinski definition) is 1. The highest BCUT2D eigenvalue weighted by Crippen LogP contribution is 2.37. The van der Waals surface area contributed by atoms with E-state index < -0.39 is 0 Å². The van der Waals surface area contributed by atoms with Gasteiger partial charge in [-0.05, 0) is 19.4 Å². The smallest absolute Gasteiger partial charge is 0.343 e. The van der Waals surface area contributed by atoms with Crippen molar-refractivity contribution in [1.82, 2.24) is 5.43 Å². The molecule has 1 aromatic rings. The van der Waals surface area contributed by atoms with Gasteiger partial charge in [0.25, 0.3) is 0 Å². The number of rotatable bonds is 13. The molecule has 0 fully saturated rings. The lowest BCUT2D eigenvalue weighted by molar-refractivity contribution is 0.0204. The Hall–Kier alpha value is -1.07. The number of carbonyl (C=O) groups is 1. The Morgan fingerprint density at radius 2 is 1.65 bits per heavy atom. The Morgan fingerprint density at radius 3 is 2.27 bits per heavy atom. The summed E-state index contributed by atoms with van der Waals surface area (Å²) in [7, 11) is 0. The summed E-state index contributed by atoms with van der Waals surface area (Å²) >= 11 is 1.67. The van der Waals surface area contributed by atoms with Gasteiger partial charge < -0.3 is 4.74 Å². The van der Waals surface area contributed by atoms with E-state index in [1.165, 1.54) is 57.8 Å². The number of ether oxygens (including phenoxy) is 1. The second-order valence-electron chi connectivity index (χ2n) is 7.29. The molecule has 1 aromatic heterocycles. The lowest BCUT2D eigenvalue weighted by Crippen LogP contribution is -2.50. The first-order chi connectivity index (χ1) is 12.7. The van der Waals surface area contributed by atoms with Gasteiger partial charge in [0.15, 0.2) is 6.23 Å². The van der Waals surface area contributed by atoms with E-state index in [4.69, 9.17) is 4.74 Å². The van der Waals surface area contributed by atoms with Crippen molar-refractivity contribution in [2.45, 2.75) is 97.6 Å². The van der Waals surface area contributed by atoms with Crippen molar-refractivity contribution in [1.29, 1.82) is 0 Å². The third-order valence-corrected chi connectivity index (χ3v) is 5.99. The number of hydrogen-bond acceptors (Lipinski definition) is 5. The number of nitrogens with one attached hydrogen (secondary N) is 1. The van der Waals surface area contributed by atoms with Gasteiger partial charge in [0.2, 0.25) is 0 Å². The molecule has 1 aliphatic heterocycles. The normalized spacial score (nSPS) is 16.7. The SMILES string of the molecule is CCCCCCCCCCCCC1OC(=O)c2cc(C)sc2N1NCC. The molecule has 0 spiro atoms. The largest absolute Gasteiger partial charge is 0.436 e. The van der Waals surface area contributed by atoms with E-state index in [1.54, 1.807) is 11.3 Å². The van der Waals surface area contributed by atoms with Crippen LogP contribution in [0.2, 0.25) is 0 Å². The molecule has 1 aliphatic rings. The molecule has 26 heavy (non-hydrogen) atoms. The average molecular weight is 381 g/mol. The van der Waals surface area contributed by atoms with Crippen molar-refractivity contribution in [3.05, 3.63) is 16.5 Å². The Labute approximate surface area is 163 Å². The summed E-state index contributed by atoms with van der Waals surface area (Å²) in [6.07, 6.45) is 13.9. The van der Waals surface area contributed by atoms with Gasteiger partial charge in [-0.2, -0.15) is 0 Å². The van der Waals surface area contributed by atoms with Crippen LogP contribution in [0.25, 0.3) is 0 Å². The van der Waals surface area contributed by atoms with E-state index in [9.17, 15) is 4.79 Å². The van der Waals surface area contributed by atoms with E-state index in [0.717, 1.165) is 29.3 Å². The number of aryl methyl sites for hydroxylation is 1. The monoisotopic (exact) mass is 380 g/mol. The first-order valence-electron chi connectivity index (χ1n) is 10.5. The summed E-state index contributed by atoms with van der Waals surface area (Å²) in [5, 5.41) is 3.08. The Kier molecular flexibility index (Phi) is 9.48. The van der Waals surface area contributed by atoms with Gasteiger partial charge in [0, 0.05) is 17.8 Å². The average Bonchev–Trinajstić information content (AvgIpc) is 3.02. The zero-order valence-electron chi connectivity index (χ0n) is 16.8. The summed E-state index contributed by atoms with van der Waals surface area (Å²) in [6, 6.07) is 1.93. The van der Waals surface area contributed by atoms with Crippen LogP contribution in [-0.4, -0.2) is 18.7 Å². The summed E-state index contributed by atoms with van der Waals surface area (Å²) in [4.78, 5) is 13.4. The molecule has 1 unspecified atom stereocenters. The van der Waals surface area contributed by atoms with Gasteiger partial charge in [0.05, 0.1) is 5.56 Å². The molecule has 148 valence electrons. The van der Waals surface area contributed by atoms with Crippen LogP contribution in [0.15, 0.2) is 6.07 Å². The van der Waals surface area contributed by atoms with Gasteiger partial charge in [0.1, 0.15) is 5.00 Å².